The number of alkyl carbamates (subject to hydrolysis) is 1. The molecule has 0 radical (unpaired) electrons. The largest absolute Gasteiger partial charge is 0.508 e. The van der Waals surface area contributed by atoms with E-state index in [0.717, 1.165) is 16.7 Å². The molecular weight excluding hydrogens is 646 g/mol. The van der Waals surface area contributed by atoms with Crippen LogP contribution >= 0.6 is 0 Å². The number of hydrogen-bond acceptors (Lipinski definition) is 7. The molecule has 3 atom stereocenters. The highest BCUT2D eigenvalue weighted by atomic mass is 16.6. The van der Waals surface area contributed by atoms with Gasteiger partial charge in [-0.05, 0) is 116 Å². The lowest BCUT2D eigenvalue weighted by atomic mass is 9.90. The van der Waals surface area contributed by atoms with E-state index >= 15 is 4.79 Å². The third kappa shape index (κ3) is 12.2. The van der Waals surface area contributed by atoms with E-state index in [0.29, 0.717) is 11.1 Å². The van der Waals surface area contributed by atoms with Gasteiger partial charge in [-0.15, -0.1) is 0 Å². The first-order chi connectivity index (χ1) is 23.6. The van der Waals surface area contributed by atoms with Crippen molar-refractivity contribution in [1.29, 1.82) is 0 Å². The molecule has 0 saturated heterocycles. The van der Waals surface area contributed by atoms with Crippen molar-refractivity contribution in [3.63, 3.8) is 0 Å². The van der Waals surface area contributed by atoms with Crippen molar-refractivity contribution >= 4 is 23.9 Å². The quantitative estimate of drug-likeness (QED) is 0.186. The van der Waals surface area contributed by atoms with E-state index < -0.39 is 58.7 Å². The van der Waals surface area contributed by atoms with Crippen molar-refractivity contribution in [2.75, 3.05) is 0 Å². The number of aryl methyl sites for hydroxylation is 1. The molecule has 10 nitrogen and oxygen atoms in total. The van der Waals surface area contributed by atoms with Crippen LogP contribution in [0, 0.1) is 13.8 Å². The number of esters is 1. The number of phenolic OH excluding ortho intramolecular Hbond substituents is 1. The number of nitrogens with one attached hydrogen (secondary N) is 2. The van der Waals surface area contributed by atoms with Gasteiger partial charge in [-0.1, -0.05) is 60.7 Å². The summed E-state index contributed by atoms with van der Waals surface area (Å²) in [5, 5.41) is 15.6. The van der Waals surface area contributed by atoms with Crippen molar-refractivity contribution in [3.05, 3.63) is 101 Å². The highest BCUT2D eigenvalue weighted by Crippen LogP contribution is 2.33. The highest BCUT2D eigenvalue weighted by Gasteiger charge is 2.43. The zero-order valence-corrected chi connectivity index (χ0v) is 31.9. The van der Waals surface area contributed by atoms with Gasteiger partial charge in [0.1, 0.15) is 35.1 Å². The van der Waals surface area contributed by atoms with E-state index in [4.69, 9.17) is 9.47 Å². The van der Waals surface area contributed by atoms with Crippen molar-refractivity contribution in [3.8, 4) is 5.75 Å². The Balaban J connectivity index is 2.18. The number of aromatic hydroxyl groups is 1. The monoisotopic (exact) mass is 701 g/mol. The normalized spacial score (nSPS) is 13.7. The second-order valence-electron chi connectivity index (χ2n) is 15.9. The lowest BCUT2D eigenvalue weighted by molar-refractivity contribution is -0.159. The van der Waals surface area contributed by atoms with Crippen LogP contribution < -0.4 is 10.6 Å². The summed E-state index contributed by atoms with van der Waals surface area (Å²) >= 11 is 0. The van der Waals surface area contributed by atoms with Gasteiger partial charge in [0.25, 0.3) is 0 Å². The van der Waals surface area contributed by atoms with Gasteiger partial charge in [-0.3, -0.25) is 9.59 Å². The smallest absolute Gasteiger partial charge is 0.408 e. The van der Waals surface area contributed by atoms with E-state index in [1.165, 1.54) is 17.0 Å². The first-order valence-corrected chi connectivity index (χ1v) is 17.3. The van der Waals surface area contributed by atoms with Gasteiger partial charge in [-0.2, -0.15) is 0 Å². The molecule has 3 N–H and O–H groups in total. The van der Waals surface area contributed by atoms with Crippen molar-refractivity contribution < 1.29 is 33.8 Å². The number of hydrogen-bond donors (Lipinski definition) is 3. The molecule has 0 spiro atoms. The van der Waals surface area contributed by atoms with E-state index in [1.807, 2.05) is 77.1 Å². The summed E-state index contributed by atoms with van der Waals surface area (Å²) in [4.78, 5) is 58.2. The molecule has 0 aliphatic heterocycles. The van der Waals surface area contributed by atoms with Crippen LogP contribution in [0.1, 0.15) is 96.2 Å². The van der Waals surface area contributed by atoms with E-state index in [1.54, 1.807) is 59.7 Å². The topological polar surface area (TPSA) is 134 Å². The van der Waals surface area contributed by atoms with Gasteiger partial charge in [0.15, 0.2) is 0 Å². The number of nitrogens with zero attached hydrogens (tertiary/aromatic N) is 1. The summed E-state index contributed by atoms with van der Waals surface area (Å²) in [6, 6.07) is 17.7. The molecule has 0 heterocycles. The molecule has 0 fully saturated rings. The first kappa shape index (κ1) is 40.6. The Morgan fingerprint density at radius 2 is 1.24 bits per heavy atom. The van der Waals surface area contributed by atoms with Crippen LogP contribution in [0.15, 0.2) is 72.8 Å². The van der Waals surface area contributed by atoms with Crippen LogP contribution in [0.4, 0.5) is 4.79 Å². The molecule has 10 heteroatoms. The Labute approximate surface area is 302 Å². The molecule has 3 unspecified atom stereocenters. The fourth-order valence-electron chi connectivity index (χ4n) is 5.66. The molecule has 3 amide bonds. The summed E-state index contributed by atoms with van der Waals surface area (Å²) in [5.41, 5.74) is 1.13. The van der Waals surface area contributed by atoms with Crippen LogP contribution in [0.3, 0.4) is 0 Å². The Kier molecular flexibility index (Phi) is 13.1. The minimum atomic E-state index is -1.22. The summed E-state index contributed by atoms with van der Waals surface area (Å²) in [7, 11) is 0. The van der Waals surface area contributed by atoms with Gasteiger partial charge in [0.2, 0.25) is 11.8 Å². The third-order valence-corrected chi connectivity index (χ3v) is 8.06. The SMILES string of the molecule is Cc1cccc(C(C(=O)NC(Cc2ccccc2)C(=O)OC(C)(C)C)N(C(=O)C(Cc2ccc(O)cc2)NC(=O)OC(C)(C)C)C(C)(C)C)c1C. The third-order valence-electron chi connectivity index (χ3n) is 8.06. The molecule has 51 heavy (non-hydrogen) atoms. The van der Waals surface area contributed by atoms with E-state index in [-0.39, 0.29) is 18.6 Å². The average Bonchev–Trinajstić information content (AvgIpc) is 2.99. The number of carbonyl (C=O) groups excluding carboxylic acids is 4. The van der Waals surface area contributed by atoms with Gasteiger partial charge in [0, 0.05) is 18.4 Å². The zero-order chi connectivity index (χ0) is 38.3. The highest BCUT2D eigenvalue weighted by molar-refractivity contribution is 5.94. The number of ether oxygens (including phenoxy) is 2. The molecule has 3 aromatic carbocycles. The van der Waals surface area contributed by atoms with Crippen LogP contribution in [-0.4, -0.2) is 62.7 Å². The summed E-state index contributed by atoms with van der Waals surface area (Å²) < 4.78 is 11.3. The molecule has 0 aromatic heterocycles. The number of benzene rings is 3. The summed E-state index contributed by atoms with van der Waals surface area (Å²) in [6.45, 7) is 19.7. The lowest BCUT2D eigenvalue weighted by Gasteiger charge is -2.44. The molecule has 276 valence electrons. The van der Waals surface area contributed by atoms with Crippen molar-refractivity contribution in [2.45, 2.75) is 124 Å². The summed E-state index contributed by atoms with van der Waals surface area (Å²) in [6.07, 6.45) is -0.594. The van der Waals surface area contributed by atoms with Crippen LogP contribution in [-0.2, 0) is 36.7 Å². The number of phenols is 1. The molecular formula is C41H55N3O7. The number of amides is 3. The standard InChI is InChI=1S/C41H55N3O7/c1-26-16-15-19-31(27(26)2)34(35(46)42-33(37(48)50-40(6,7)8)25-28-17-13-12-14-18-28)44(39(3,4)5)36(47)32(43-38(49)51-41(9,10)11)24-29-20-22-30(45)23-21-29/h12-23,32-34,45H,24-25H2,1-11H3,(H,42,46)(H,43,49). The fraction of sp³-hybridized carbons (Fsp3) is 0.463. The Bertz CT molecular complexity index is 1670. The van der Waals surface area contributed by atoms with E-state index in [9.17, 15) is 19.5 Å². The maximum absolute atomic E-state index is 15.0. The first-order valence-electron chi connectivity index (χ1n) is 17.3. The van der Waals surface area contributed by atoms with Gasteiger partial charge in [-0.25, -0.2) is 9.59 Å². The second kappa shape index (κ2) is 16.4. The minimum absolute atomic E-state index is 0.0423. The average molecular weight is 702 g/mol. The predicted octanol–water partition coefficient (Wildman–Crippen LogP) is 6.88. The molecule has 3 rings (SSSR count). The Hall–Kier alpha value is -4.86. The van der Waals surface area contributed by atoms with Crippen molar-refractivity contribution in [1.82, 2.24) is 15.5 Å². The molecule has 0 aliphatic carbocycles. The Morgan fingerprint density at radius 1 is 0.686 bits per heavy atom. The molecule has 0 saturated carbocycles. The molecule has 0 aliphatic rings. The number of rotatable bonds is 11. The number of carbonyl (C=O) groups is 4. The van der Waals surface area contributed by atoms with E-state index in [2.05, 4.69) is 10.6 Å². The maximum atomic E-state index is 15.0. The van der Waals surface area contributed by atoms with Gasteiger partial charge >= 0.3 is 12.1 Å². The molecule has 0 bridgehead atoms. The summed E-state index contributed by atoms with van der Waals surface area (Å²) in [5.74, 6) is -1.68. The van der Waals surface area contributed by atoms with Crippen molar-refractivity contribution in [2.24, 2.45) is 0 Å². The fourth-order valence-corrected chi connectivity index (χ4v) is 5.66. The van der Waals surface area contributed by atoms with Crippen LogP contribution in [0.25, 0.3) is 0 Å². The zero-order valence-electron chi connectivity index (χ0n) is 31.9. The molecule has 3 aromatic rings. The second-order valence-corrected chi connectivity index (χ2v) is 15.9. The maximum Gasteiger partial charge on any atom is 0.408 e. The van der Waals surface area contributed by atoms with Crippen LogP contribution in [0.2, 0.25) is 0 Å². The lowest BCUT2D eigenvalue weighted by Crippen LogP contribution is -2.60. The van der Waals surface area contributed by atoms with Crippen LogP contribution in [0.5, 0.6) is 5.75 Å². The Morgan fingerprint density at radius 3 is 1.78 bits per heavy atom. The van der Waals surface area contributed by atoms with Gasteiger partial charge < -0.3 is 30.1 Å². The minimum Gasteiger partial charge on any atom is -0.508 e. The predicted molar refractivity (Wildman–Crippen MR) is 198 cm³/mol. The van der Waals surface area contributed by atoms with Gasteiger partial charge in [0.05, 0.1) is 0 Å².